The molecule has 1 N–H and O–H groups in total. The second-order valence-electron chi connectivity index (χ2n) is 5.78. The maximum Gasteiger partial charge on any atom is 0.245 e. The molecule has 1 heterocycles. The van der Waals surface area contributed by atoms with Gasteiger partial charge in [0.2, 0.25) is 11.8 Å². The SMILES string of the molecule is COC1(CC(=O)N2CCNC(=O)C2(C)C)CCC1. The van der Waals surface area contributed by atoms with E-state index in [0.717, 1.165) is 19.3 Å². The van der Waals surface area contributed by atoms with Crippen molar-refractivity contribution in [2.45, 2.75) is 50.7 Å². The normalized spacial score (nSPS) is 25.3. The van der Waals surface area contributed by atoms with Gasteiger partial charge in [0, 0.05) is 20.2 Å². The zero-order valence-electron chi connectivity index (χ0n) is 11.4. The molecule has 1 aliphatic carbocycles. The summed E-state index contributed by atoms with van der Waals surface area (Å²) in [6.45, 7) is 4.70. The van der Waals surface area contributed by atoms with Crippen molar-refractivity contribution in [2.75, 3.05) is 20.2 Å². The number of carbonyl (C=O) groups excluding carboxylic acids is 2. The van der Waals surface area contributed by atoms with E-state index < -0.39 is 5.54 Å². The van der Waals surface area contributed by atoms with Crippen LogP contribution in [0.15, 0.2) is 0 Å². The molecule has 5 heteroatoms. The predicted molar refractivity (Wildman–Crippen MR) is 67.0 cm³/mol. The molecule has 2 fully saturated rings. The van der Waals surface area contributed by atoms with Gasteiger partial charge in [-0.1, -0.05) is 0 Å². The standard InChI is InChI=1S/C13H22N2O3/c1-12(2)11(17)14-7-8-15(12)10(16)9-13(18-3)5-4-6-13/h4-9H2,1-3H3,(H,14,17). The minimum Gasteiger partial charge on any atom is -0.378 e. The molecule has 1 saturated carbocycles. The molecule has 2 amide bonds. The molecule has 0 unspecified atom stereocenters. The van der Waals surface area contributed by atoms with Gasteiger partial charge in [-0.05, 0) is 33.1 Å². The Kier molecular flexibility index (Phi) is 3.36. The van der Waals surface area contributed by atoms with Crippen molar-refractivity contribution < 1.29 is 14.3 Å². The lowest BCUT2D eigenvalue weighted by Crippen LogP contribution is -2.64. The van der Waals surface area contributed by atoms with Crippen molar-refractivity contribution in [3.8, 4) is 0 Å². The molecule has 1 aliphatic heterocycles. The van der Waals surface area contributed by atoms with Gasteiger partial charge >= 0.3 is 0 Å². The monoisotopic (exact) mass is 254 g/mol. The topological polar surface area (TPSA) is 58.6 Å². The summed E-state index contributed by atoms with van der Waals surface area (Å²) in [4.78, 5) is 25.9. The molecule has 5 nitrogen and oxygen atoms in total. The molecule has 0 aromatic carbocycles. The number of methoxy groups -OCH3 is 1. The largest absolute Gasteiger partial charge is 0.378 e. The lowest BCUT2D eigenvalue weighted by atomic mass is 9.77. The summed E-state index contributed by atoms with van der Waals surface area (Å²) in [5.74, 6) is -0.0569. The molecule has 0 spiro atoms. The zero-order valence-corrected chi connectivity index (χ0v) is 11.4. The van der Waals surface area contributed by atoms with Crippen LogP contribution >= 0.6 is 0 Å². The third kappa shape index (κ3) is 2.11. The van der Waals surface area contributed by atoms with Crippen LogP contribution in [0.5, 0.6) is 0 Å². The first kappa shape index (κ1) is 13.3. The van der Waals surface area contributed by atoms with Gasteiger partial charge in [0.25, 0.3) is 0 Å². The summed E-state index contributed by atoms with van der Waals surface area (Å²) in [5.41, 5.74) is -1.03. The summed E-state index contributed by atoms with van der Waals surface area (Å²) in [6, 6.07) is 0. The molecular weight excluding hydrogens is 232 g/mol. The zero-order chi connectivity index (χ0) is 13.4. The molecule has 0 atom stereocenters. The number of nitrogens with one attached hydrogen (secondary N) is 1. The minimum atomic E-state index is -0.756. The number of hydrogen-bond acceptors (Lipinski definition) is 3. The van der Waals surface area contributed by atoms with Gasteiger partial charge in [0.15, 0.2) is 0 Å². The summed E-state index contributed by atoms with van der Waals surface area (Å²) in [7, 11) is 1.67. The molecular formula is C13H22N2O3. The Morgan fingerprint density at radius 2 is 2.11 bits per heavy atom. The number of carbonyl (C=O) groups is 2. The van der Waals surface area contributed by atoms with Crippen LogP contribution in [0.2, 0.25) is 0 Å². The van der Waals surface area contributed by atoms with Crippen molar-refractivity contribution in [3.63, 3.8) is 0 Å². The molecule has 1 saturated heterocycles. The number of hydrogen-bond donors (Lipinski definition) is 1. The van der Waals surface area contributed by atoms with E-state index in [2.05, 4.69) is 5.32 Å². The lowest BCUT2D eigenvalue weighted by molar-refractivity contribution is -0.157. The van der Waals surface area contributed by atoms with Crippen LogP contribution in [0, 0.1) is 0 Å². The Morgan fingerprint density at radius 3 is 2.61 bits per heavy atom. The smallest absolute Gasteiger partial charge is 0.245 e. The summed E-state index contributed by atoms with van der Waals surface area (Å²) >= 11 is 0. The van der Waals surface area contributed by atoms with E-state index in [-0.39, 0.29) is 17.4 Å². The van der Waals surface area contributed by atoms with Crippen LogP contribution in [0.4, 0.5) is 0 Å². The first-order valence-electron chi connectivity index (χ1n) is 6.55. The van der Waals surface area contributed by atoms with Crippen LogP contribution in [-0.4, -0.2) is 48.1 Å². The third-order valence-corrected chi connectivity index (χ3v) is 4.32. The second kappa shape index (κ2) is 4.53. The quantitative estimate of drug-likeness (QED) is 0.806. The van der Waals surface area contributed by atoms with E-state index in [4.69, 9.17) is 4.74 Å². The van der Waals surface area contributed by atoms with E-state index in [9.17, 15) is 9.59 Å². The summed E-state index contributed by atoms with van der Waals surface area (Å²) in [6.07, 6.45) is 3.39. The first-order chi connectivity index (χ1) is 8.41. The van der Waals surface area contributed by atoms with Gasteiger partial charge in [0.05, 0.1) is 12.0 Å². The number of piperazine rings is 1. The van der Waals surface area contributed by atoms with Crippen molar-refractivity contribution in [1.82, 2.24) is 10.2 Å². The van der Waals surface area contributed by atoms with Crippen molar-refractivity contribution in [2.24, 2.45) is 0 Å². The summed E-state index contributed by atoms with van der Waals surface area (Å²) < 4.78 is 5.48. The van der Waals surface area contributed by atoms with Crippen molar-refractivity contribution >= 4 is 11.8 Å². The number of rotatable bonds is 3. The van der Waals surface area contributed by atoms with Crippen molar-refractivity contribution in [3.05, 3.63) is 0 Å². The molecule has 2 aliphatic rings. The van der Waals surface area contributed by atoms with Gasteiger partial charge in [-0.3, -0.25) is 9.59 Å². The first-order valence-corrected chi connectivity index (χ1v) is 6.55. The predicted octanol–water partition coefficient (Wildman–Crippen LogP) is 0.683. The Morgan fingerprint density at radius 1 is 1.44 bits per heavy atom. The number of ether oxygens (including phenoxy) is 1. The molecule has 0 bridgehead atoms. The van der Waals surface area contributed by atoms with Crippen molar-refractivity contribution in [1.29, 1.82) is 0 Å². The molecule has 0 aromatic rings. The molecule has 0 radical (unpaired) electrons. The highest BCUT2D eigenvalue weighted by Gasteiger charge is 2.45. The maximum atomic E-state index is 12.4. The van der Waals surface area contributed by atoms with Gasteiger partial charge in [-0.2, -0.15) is 0 Å². The minimum absolute atomic E-state index is 0.0244. The van der Waals surface area contributed by atoms with E-state index in [1.165, 1.54) is 0 Å². The van der Waals surface area contributed by atoms with Gasteiger partial charge in [-0.25, -0.2) is 0 Å². The molecule has 0 aromatic heterocycles. The Labute approximate surface area is 108 Å². The highest BCUT2D eigenvalue weighted by Crippen LogP contribution is 2.39. The highest BCUT2D eigenvalue weighted by molar-refractivity contribution is 5.92. The number of amides is 2. The van der Waals surface area contributed by atoms with Crippen LogP contribution in [0.3, 0.4) is 0 Å². The van der Waals surface area contributed by atoms with E-state index in [1.807, 2.05) is 0 Å². The Hall–Kier alpha value is -1.10. The number of nitrogens with zero attached hydrogens (tertiary/aromatic N) is 1. The Bertz CT molecular complexity index is 356. The fourth-order valence-corrected chi connectivity index (χ4v) is 2.73. The third-order valence-electron chi connectivity index (χ3n) is 4.32. The lowest BCUT2D eigenvalue weighted by Gasteiger charge is -2.45. The second-order valence-corrected chi connectivity index (χ2v) is 5.78. The average Bonchev–Trinajstić information content (AvgIpc) is 2.27. The Balaban J connectivity index is 2.06. The van der Waals surface area contributed by atoms with Crippen LogP contribution < -0.4 is 5.32 Å². The van der Waals surface area contributed by atoms with Gasteiger partial charge < -0.3 is 15.0 Å². The molecule has 18 heavy (non-hydrogen) atoms. The van der Waals surface area contributed by atoms with E-state index in [1.54, 1.807) is 25.9 Å². The summed E-state index contributed by atoms with van der Waals surface area (Å²) in [5, 5.41) is 2.80. The van der Waals surface area contributed by atoms with E-state index >= 15 is 0 Å². The van der Waals surface area contributed by atoms with Crippen LogP contribution in [0.1, 0.15) is 39.5 Å². The van der Waals surface area contributed by atoms with Gasteiger partial charge in [0.1, 0.15) is 5.54 Å². The van der Waals surface area contributed by atoms with E-state index in [0.29, 0.717) is 19.5 Å². The fourth-order valence-electron chi connectivity index (χ4n) is 2.73. The molecule has 102 valence electrons. The van der Waals surface area contributed by atoms with Gasteiger partial charge in [-0.15, -0.1) is 0 Å². The van der Waals surface area contributed by atoms with Crippen LogP contribution in [-0.2, 0) is 14.3 Å². The molecule has 2 rings (SSSR count). The average molecular weight is 254 g/mol. The maximum absolute atomic E-state index is 12.4. The fraction of sp³-hybridized carbons (Fsp3) is 0.846. The van der Waals surface area contributed by atoms with Crippen LogP contribution in [0.25, 0.3) is 0 Å². The highest BCUT2D eigenvalue weighted by atomic mass is 16.5.